The molecule has 1 aromatic carbocycles. The van der Waals surface area contributed by atoms with Crippen molar-refractivity contribution in [2.24, 2.45) is 5.73 Å². The zero-order valence-corrected chi connectivity index (χ0v) is 18.5. The van der Waals surface area contributed by atoms with Crippen molar-refractivity contribution in [2.75, 3.05) is 5.32 Å². The van der Waals surface area contributed by atoms with Crippen molar-refractivity contribution in [3.8, 4) is 0 Å². The van der Waals surface area contributed by atoms with E-state index >= 15 is 0 Å². The van der Waals surface area contributed by atoms with Crippen LogP contribution in [-0.2, 0) is 0 Å². The highest BCUT2D eigenvalue weighted by Crippen LogP contribution is 2.31. The van der Waals surface area contributed by atoms with E-state index in [2.05, 4.69) is 29.1 Å². The minimum Gasteiger partial charge on any atom is -0.366 e. The van der Waals surface area contributed by atoms with E-state index in [0.29, 0.717) is 17.2 Å². The highest BCUT2D eigenvalue weighted by Gasteiger charge is 2.21. The second-order valence-electron chi connectivity index (χ2n) is 7.97. The van der Waals surface area contributed by atoms with Gasteiger partial charge in [0.05, 0.1) is 0 Å². The average Bonchev–Trinajstić information content (AvgIpc) is 3.28. The summed E-state index contributed by atoms with van der Waals surface area (Å²) in [5.41, 5.74) is 7.97. The van der Waals surface area contributed by atoms with Gasteiger partial charge in [0.1, 0.15) is 5.65 Å². The highest BCUT2D eigenvalue weighted by atomic mass is 16.1. The molecule has 1 amide bonds. The molecule has 31 heavy (non-hydrogen) atoms. The number of unbranched alkanes of at least 4 members (excludes halogenated alkanes) is 1. The fourth-order valence-corrected chi connectivity index (χ4v) is 3.69. The number of carbonyl (C=O) groups is 1. The van der Waals surface area contributed by atoms with Crippen LogP contribution in [0.2, 0.25) is 0 Å². The van der Waals surface area contributed by atoms with E-state index in [4.69, 9.17) is 5.73 Å². The Morgan fingerprint density at radius 1 is 1.16 bits per heavy atom. The maximum atomic E-state index is 12.7. The molecule has 3 aromatic rings. The van der Waals surface area contributed by atoms with Crippen LogP contribution in [0.4, 0.5) is 11.6 Å². The number of aromatic nitrogens is 3. The molecule has 4 rings (SSSR count). The first-order valence-corrected chi connectivity index (χ1v) is 11.0. The van der Waals surface area contributed by atoms with Crippen LogP contribution in [0.1, 0.15) is 74.3 Å². The van der Waals surface area contributed by atoms with E-state index < -0.39 is 5.91 Å². The number of nitrogens with two attached hydrogens (primary N) is 1. The highest BCUT2D eigenvalue weighted by molar-refractivity contribution is 5.93. The third kappa shape index (κ3) is 5.29. The predicted octanol–water partition coefficient (Wildman–Crippen LogP) is 4.86. The maximum Gasteiger partial charge on any atom is 0.252 e. The number of aryl methyl sites for hydroxylation is 1. The number of hydrogen-bond donors (Lipinski definition) is 2. The Bertz CT molecular complexity index is 1100. The van der Waals surface area contributed by atoms with Gasteiger partial charge in [-0.25, -0.2) is 4.98 Å². The third-order valence-electron chi connectivity index (χ3n) is 5.61. The van der Waals surface area contributed by atoms with Crippen LogP contribution < -0.4 is 16.6 Å². The molecule has 1 fully saturated rings. The summed E-state index contributed by atoms with van der Waals surface area (Å²) >= 11 is 0. The van der Waals surface area contributed by atoms with Gasteiger partial charge < -0.3 is 11.1 Å². The smallest absolute Gasteiger partial charge is 0.252 e. The summed E-state index contributed by atoms with van der Waals surface area (Å²) in [7, 11) is 0. The lowest BCUT2D eigenvalue weighted by molar-refractivity contribution is 0.100. The number of pyridine rings is 1. The number of amides is 1. The molecule has 2 heterocycles. The number of hydrogen-bond acceptors (Lipinski definition) is 5. The first-order chi connectivity index (χ1) is 14.9. The van der Waals surface area contributed by atoms with Crippen molar-refractivity contribution < 1.29 is 4.79 Å². The van der Waals surface area contributed by atoms with Gasteiger partial charge in [0.2, 0.25) is 11.9 Å². The number of carbonyl (C=O) groups excluding carboxylic acids is 1. The van der Waals surface area contributed by atoms with Crippen LogP contribution in [0.5, 0.6) is 0 Å². The van der Waals surface area contributed by atoms with Gasteiger partial charge in [-0.2, -0.15) is 4.98 Å². The summed E-state index contributed by atoms with van der Waals surface area (Å²) in [6, 6.07) is 8.63. The summed E-state index contributed by atoms with van der Waals surface area (Å²) in [4.78, 5) is 32.9. The molecule has 0 saturated heterocycles. The molecule has 0 atom stereocenters. The number of anilines is 2. The fourth-order valence-electron chi connectivity index (χ4n) is 3.69. The number of primary amides is 1. The Hall–Kier alpha value is -3.22. The van der Waals surface area contributed by atoms with Crippen LogP contribution in [0, 0.1) is 6.92 Å². The van der Waals surface area contributed by atoms with E-state index in [1.54, 1.807) is 36.5 Å². The summed E-state index contributed by atoms with van der Waals surface area (Å²) in [5, 5.41) is 4.01. The lowest BCUT2D eigenvalue weighted by Crippen LogP contribution is -2.24. The molecule has 164 valence electrons. The van der Waals surface area contributed by atoms with Gasteiger partial charge in [-0.05, 0) is 49.6 Å². The summed E-state index contributed by atoms with van der Waals surface area (Å²) < 4.78 is 1.82. The first kappa shape index (κ1) is 22.5. The second kappa shape index (κ2) is 10.2. The van der Waals surface area contributed by atoms with Crippen LogP contribution in [0.3, 0.4) is 0 Å². The molecule has 7 nitrogen and oxygen atoms in total. The van der Waals surface area contributed by atoms with E-state index in [0.717, 1.165) is 42.3 Å². The van der Waals surface area contributed by atoms with Crippen LogP contribution >= 0.6 is 0 Å². The first-order valence-electron chi connectivity index (χ1n) is 11.0. The summed E-state index contributed by atoms with van der Waals surface area (Å²) in [6.45, 7) is 6.27. The molecular formula is C24H31N5O2. The summed E-state index contributed by atoms with van der Waals surface area (Å²) in [6.07, 6.45) is 8.66. The third-order valence-corrected chi connectivity index (χ3v) is 5.61. The van der Waals surface area contributed by atoms with Crippen molar-refractivity contribution in [1.29, 1.82) is 0 Å². The molecule has 1 saturated carbocycles. The quantitative estimate of drug-likeness (QED) is 0.612. The predicted molar refractivity (Wildman–Crippen MR) is 125 cm³/mol. The van der Waals surface area contributed by atoms with E-state index in [1.165, 1.54) is 12.8 Å². The van der Waals surface area contributed by atoms with Gasteiger partial charge in [0, 0.05) is 34.9 Å². The summed E-state index contributed by atoms with van der Waals surface area (Å²) in [5.74, 6) is -0.0642. The molecular weight excluding hydrogens is 390 g/mol. The normalized spacial score (nSPS) is 13.6. The van der Waals surface area contributed by atoms with E-state index in [-0.39, 0.29) is 11.6 Å². The van der Waals surface area contributed by atoms with Crippen molar-refractivity contribution in [1.82, 2.24) is 14.5 Å². The SMILES string of the molecule is CCCC.Cc1cc(=O)n(C2CCCC2)c2nc(Nc3ccc(C(N)=O)cc3)ncc12. The lowest BCUT2D eigenvalue weighted by atomic mass is 10.1. The van der Waals surface area contributed by atoms with Crippen molar-refractivity contribution in [3.63, 3.8) is 0 Å². The maximum absolute atomic E-state index is 12.7. The van der Waals surface area contributed by atoms with E-state index in [9.17, 15) is 9.59 Å². The lowest BCUT2D eigenvalue weighted by Gasteiger charge is -2.17. The Kier molecular flexibility index (Phi) is 7.39. The number of rotatable bonds is 5. The van der Waals surface area contributed by atoms with Crippen molar-refractivity contribution >= 4 is 28.6 Å². The molecule has 1 aliphatic carbocycles. The second-order valence-corrected chi connectivity index (χ2v) is 7.97. The molecule has 0 bridgehead atoms. The van der Waals surface area contributed by atoms with Gasteiger partial charge in [-0.3, -0.25) is 14.2 Å². The number of nitrogens with one attached hydrogen (secondary N) is 1. The Labute approximate surface area is 182 Å². The number of fused-ring (bicyclic) bond motifs is 1. The standard InChI is InChI=1S/C20H21N5O2.C4H10/c1-12-10-17(26)25(15-4-2-3-5-15)19-16(12)11-22-20(24-19)23-14-8-6-13(7-9-14)18(21)27;1-3-4-2/h6-11,15H,2-5H2,1H3,(H2,21,27)(H,22,23,24);3-4H2,1-2H3. The Morgan fingerprint density at radius 2 is 1.81 bits per heavy atom. The topological polar surface area (TPSA) is 103 Å². The minimum atomic E-state index is -0.473. The van der Waals surface area contributed by atoms with Crippen molar-refractivity contribution in [3.05, 3.63) is 58.0 Å². The molecule has 7 heteroatoms. The number of benzene rings is 1. The van der Waals surface area contributed by atoms with E-state index in [1.807, 2.05) is 11.5 Å². The average molecular weight is 422 g/mol. The Morgan fingerprint density at radius 3 is 2.39 bits per heavy atom. The van der Waals surface area contributed by atoms with Crippen LogP contribution in [0.25, 0.3) is 11.0 Å². The van der Waals surface area contributed by atoms with Gasteiger partial charge >= 0.3 is 0 Å². The van der Waals surface area contributed by atoms with Crippen molar-refractivity contribution in [2.45, 2.75) is 65.3 Å². The molecule has 0 unspecified atom stereocenters. The molecule has 3 N–H and O–H groups in total. The minimum absolute atomic E-state index is 0.0117. The zero-order valence-electron chi connectivity index (χ0n) is 18.5. The molecule has 2 aromatic heterocycles. The van der Waals surface area contributed by atoms with Gasteiger partial charge in [0.25, 0.3) is 5.56 Å². The molecule has 1 aliphatic rings. The fraction of sp³-hybridized carbons (Fsp3) is 0.417. The molecule has 0 spiro atoms. The monoisotopic (exact) mass is 421 g/mol. The largest absolute Gasteiger partial charge is 0.366 e. The van der Waals surface area contributed by atoms with Crippen LogP contribution in [0.15, 0.2) is 41.3 Å². The van der Waals surface area contributed by atoms with Gasteiger partial charge in [-0.1, -0.05) is 39.5 Å². The van der Waals surface area contributed by atoms with Gasteiger partial charge in [0.15, 0.2) is 0 Å². The molecule has 0 aliphatic heterocycles. The van der Waals surface area contributed by atoms with Gasteiger partial charge in [-0.15, -0.1) is 0 Å². The number of nitrogens with zero attached hydrogens (tertiary/aromatic N) is 3. The van der Waals surface area contributed by atoms with Crippen LogP contribution in [-0.4, -0.2) is 20.4 Å². The Balaban J connectivity index is 0.000000628. The molecule has 0 radical (unpaired) electrons. The zero-order chi connectivity index (χ0) is 22.4.